The van der Waals surface area contributed by atoms with E-state index in [9.17, 15) is 4.79 Å². The van der Waals surface area contributed by atoms with Gasteiger partial charge in [-0.2, -0.15) is 0 Å². The predicted molar refractivity (Wildman–Crippen MR) is 79.3 cm³/mol. The van der Waals surface area contributed by atoms with E-state index in [0.717, 1.165) is 0 Å². The van der Waals surface area contributed by atoms with Crippen LogP contribution in [0.3, 0.4) is 0 Å². The normalized spacial score (nSPS) is 10.6. The average molecular weight is 304 g/mol. The Hall–Kier alpha value is -0.950. The summed E-state index contributed by atoms with van der Waals surface area (Å²) in [6.45, 7) is 12.0. The van der Waals surface area contributed by atoms with Gasteiger partial charge < -0.3 is 23.7 Å². The second-order valence-electron chi connectivity index (χ2n) is 4.11. The van der Waals surface area contributed by atoms with Crippen LogP contribution in [0.2, 0.25) is 0 Å². The van der Waals surface area contributed by atoms with Crippen molar-refractivity contribution in [2.45, 2.75) is 20.3 Å². The standard InChI is InChI=1S/C15H28O6/c1-4-17-8-10-19-7-6-14(3)15(16)21-13-12-20-11-9-18-5-2/h3-13H2,1-2H3. The van der Waals surface area contributed by atoms with Gasteiger partial charge in [0.1, 0.15) is 6.61 Å². The van der Waals surface area contributed by atoms with Crippen molar-refractivity contribution in [2.24, 2.45) is 0 Å². The zero-order chi connectivity index (χ0) is 15.8. The van der Waals surface area contributed by atoms with E-state index in [1.54, 1.807) is 0 Å². The third-order valence-corrected chi connectivity index (χ3v) is 2.45. The van der Waals surface area contributed by atoms with Crippen LogP contribution in [0.25, 0.3) is 0 Å². The van der Waals surface area contributed by atoms with Gasteiger partial charge in [0.15, 0.2) is 0 Å². The smallest absolute Gasteiger partial charge is 0.333 e. The van der Waals surface area contributed by atoms with Crippen LogP contribution in [0.5, 0.6) is 0 Å². The summed E-state index contributed by atoms with van der Waals surface area (Å²) in [5.41, 5.74) is 0.403. The molecule has 0 aromatic carbocycles. The van der Waals surface area contributed by atoms with Crippen LogP contribution in [0.1, 0.15) is 20.3 Å². The minimum atomic E-state index is -0.406. The summed E-state index contributed by atoms with van der Waals surface area (Å²) >= 11 is 0. The van der Waals surface area contributed by atoms with E-state index in [0.29, 0.717) is 64.8 Å². The Morgan fingerprint density at radius 1 is 0.762 bits per heavy atom. The third kappa shape index (κ3) is 13.8. The molecule has 0 aliphatic heterocycles. The van der Waals surface area contributed by atoms with Gasteiger partial charge in [0, 0.05) is 25.2 Å². The molecule has 124 valence electrons. The molecule has 0 radical (unpaired) electrons. The molecule has 0 bridgehead atoms. The van der Waals surface area contributed by atoms with Gasteiger partial charge in [-0.1, -0.05) is 6.58 Å². The van der Waals surface area contributed by atoms with Crippen molar-refractivity contribution < 1.29 is 28.5 Å². The van der Waals surface area contributed by atoms with Gasteiger partial charge in [-0.05, 0) is 13.8 Å². The molecule has 0 amide bonds. The zero-order valence-corrected chi connectivity index (χ0v) is 13.2. The Balaban J connectivity index is 3.39. The largest absolute Gasteiger partial charge is 0.460 e. The van der Waals surface area contributed by atoms with Crippen LogP contribution in [0.15, 0.2) is 12.2 Å². The summed E-state index contributed by atoms with van der Waals surface area (Å²) < 4.78 is 25.8. The topological polar surface area (TPSA) is 63.2 Å². The number of hydrogen-bond acceptors (Lipinski definition) is 6. The Morgan fingerprint density at radius 2 is 1.24 bits per heavy atom. The van der Waals surface area contributed by atoms with Crippen LogP contribution in [0.4, 0.5) is 0 Å². The quantitative estimate of drug-likeness (QED) is 0.260. The van der Waals surface area contributed by atoms with Crippen molar-refractivity contribution in [1.29, 1.82) is 0 Å². The van der Waals surface area contributed by atoms with Gasteiger partial charge in [0.05, 0.1) is 39.6 Å². The second-order valence-corrected chi connectivity index (χ2v) is 4.11. The van der Waals surface area contributed by atoms with Gasteiger partial charge in [-0.15, -0.1) is 0 Å². The Bertz CT molecular complexity index is 267. The monoisotopic (exact) mass is 304 g/mol. The fourth-order valence-corrected chi connectivity index (χ4v) is 1.32. The molecule has 0 rings (SSSR count). The van der Waals surface area contributed by atoms with Crippen LogP contribution >= 0.6 is 0 Å². The van der Waals surface area contributed by atoms with E-state index in [1.807, 2.05) is 13.8 Å². The van der Waals surface area contributed by atoms with Crippen LogP contribution in [-0.2, 0) is 28.5 Å². The van der Waals surface area contributed by atoms with Gasteiger partial charge in [-0.3, -0.25) is 0 Å². The Morgan fingerprint density at radius 3 is 1.81 bits per heavy atom. The van der Waals surface area contributed by atoms with Gasteiger partial charge >= 0.3 is 5.97 Å². The Labute approximate surface area is 127 Å². The summed E-state index contributed by atoms with van der Waals surface area (Å²) in [5, 5.41) is 0. The maximum Gasteiger partial charge on any atom is 0.333 e. The minimum Gasteiger partial charge on any atom is -0.460 e. The van der Waals surface area contributed by atoms with Crippen molar-refractivity contribution in [1.82, 2.24) is 0 Å². The summed E-state index contributed by atoms with van der Waals surface area (Å²) in [7, 11) is 0. The minimum absolute atomic E-state index is 0.217. The lowest BCUT2D eigenvalue weighted by molar-refractivity contribution is -0.141. The summed E-state index contributed by atoms with van der Waals surface area (Å²) in [5.74, 6) is -0.406. The van der Waals surface area contributed by atoms with Gasteiger partial charge in [0.2, 0.25) is 0 Å². The number of carbonyl (C=O) groups is 1. The molecule has 6 heteroatoms. The maximum absolute atomic E-state index is 11.6. The average Bonchev–Trinajstić information content (AvgIpc) is 2.49. The first-order valence-electron chi connectivity index (χ1n) is 7.38. The summed E-state index contributed by atoms with van der Waals surface area (Å²) in [6.07, 6.45) is 0.455. The molecule has 0 saturated heterocycles. The molecule has 0 aromatic rings. The molecule has 0 spiro atoms. The van der Waals surface area contributed by atoms with E-state index >= 15 is 0 Å². The SMILES string of the molecule is C=C(CCOCCOCC)C(=O)OCCOCCOCC. The first-order valence-corrected chi connectivity index (χ1v) is 7.38. The molecule has 21 heavy (non-hydrogen) atoms. The molecular weight excluding hydrogens is 276 g/mol. The van der Waals surface area contributed by atoms with Crippen molar-refractivity contribution in [3.05, 3.63) is 12.2 Å². The molecule has 0 heterocycles. The molecule has 0 aliphatic carbocycles. The third-order valence-electron chi connectivity index (χ3n) is 2.45. The number of rotatable bonds is 15. The van der Waals surface area contributed by atoms with E-state index < -0.39 is 5.97 Å². The highest BCUT2D eigenvalue weighted by Gasteiger charge is 2.08. The summed E-state index contributed by atoms with van der Waals surface area (Å²) in [4.78, 5) is 11.6. The van der Waals surface area contributed by atoms with E-state index in [2.05, 4.69) is 6.58 Å². The predicted octanol–water partition coefficient (Wildman–Crippen LogP) is 1.58. The Kier molecular flexibility index (Phi) is 14.7. The van der Waals surface area contributed by atoms with Crippen LogP contribution in [-0.4, -0.2) is 65.4 Å². The van der Waals surface area contributed by atoms with Crippen LogP contribution < -0.4 is 0 Å². The van der Waals surface area contributed by atoms with Crippen molar-refractivity contribution in [3.63, 3.8) is 0 Å². The highest BCUT2D eigenvalue weighted by atomic mass is 16.6. The zero-order valence-electron chi connectivity index (χ0n) is 13.2. The van der Waals surface area contributed by atoms with Crippen molar-refractivity contribution >= 4 is 5.97 Å². The molecule has 0 saturated carbocycles. The van der Waals surface area contributed by atoms with Gasteiger partial charge in [0.25, 0.3) is 0 Å². The molecule has 0 N–H and O–H groups in total. The van der Waals surface area contributed by atoms with Crippen molar-refractivity contribution in [3.8, 4) is 0 Å². The van der Waals surface area contributed by atoms with E-state index in [1.165, 1.54) is 0 Å². The lowest BCUT2D eigenvalue weighted by Crippen LogP contribution is -2.15. The first kappa shape index (κ1) is 20.1. The molecule has 0 unspecified atom stereocenters. The molecule has 0 fully saturated rings. The molecular formula is C15H28O6. The highest BCUT2D eigenvalue weighted by Crippen LogP contribution is 2.01. The number of esters is 1. The highest BCUT2D eigenvalue weighted by molar-refractivity contribution is 5.87. The number of hydrogen-bond donors (Lipinski definition) is 0. The fourth-order valence-electron chi connectivity index (χ4n) is 1.32. The maximum atomic E-state index is 11.6. The van der Waals surface area contributed by atoms with E-state index in [4.69, 9.17) is 23.7 Å². The first-order chi connectivity index (χ1) is 10.2. The fraction of sp³-hybridized carbons (Fsp3) is 0.800. The molecule has 0 aliphatic rings. The lowest BCUT2D eigenvalue weighted by Gasteiger charge is -2.08. The van der Waals surface area contributed by atoms with Crippen molar-refractivity contribution in [2.75, 3.05) is 59.5 Å². The van der Waals surface area contributed by atoms with E-state index in [-0.39, 0.29) is 6.61 Å². The summed E-state index contributed by atoms with van der Waals surface area (Å²) in [6, 6.07) is 0. The van der Waals surface area contributed by atoms with Crippen LogP contribution in [0, 0.1) is 0 Å². The molecule has 0 aromatic heterocycles. The van der Waals surface area contributed by atoms with Gasteiger partial charge in [-0.25, -0.2) is 4.79 Å². The molecule has 6 nitrogen and oxygen atoms in total. The second kappa shape index (κ2) is 15.4. The number of carbonyl (C=O) groups excluding carboxylic acids is 1. The molecule has 0 atom stereocenters. The number of ether oxygens (including phenoxy) is 5. The lowest BCUT2D eigenvalue weighted by atomic mass is 10.2.